The van der Waals surface area contributed by atoms with Crippen molar-refractivity contribution in [1.82, 2.24) is 4.90 Å². The second-order valence-electron chi connectivity index (χ2n) is 7.57. The van der Waals surface area contributed by atoms with Gasteiger partial charge in [0.1, 0.15) is 19.6 Å². The molecule has 147 valence electrons. The molecule has 1 spiro atoms. The number of fused-ring (bicyclic) bond motifs is 2. The van der Waals surface area contributed by atoms with Gasteiger partial charge in [0.25, 0.3) is 0 Å². The lowest BCUT2D eigenvalue weighted by molar-refractivity contribution is -0.122. The Bertz CT molecular complexity index is 981. The zero-order valence-electron chi connectivity index (χ0n) is 16.4. The van der Waals surface area contributed by atoms with Gasteiger partial charge in [0.05, 0.1) is 11.5 Å². The van der Waals surface area contributed by atoms with Gasteiger partial charge in [-0.25, -0.2) is 0 Å². The molecule has 4 rings (SSSR count). The van der Waals surface area contributed by atoms with Crippen LogP contribution in [0.5, 0.6) is 5.75 Å². The largest absolute Gasteiger partial charge is 0.492 e. The summed E-state index contributed by atoms with van der Waals surface area (Å²) in [5, 5.41) is 12.9. The molecule has 2 aliphatic heterocycles. The Morgan fingerprint density at radius 1 is 1.28 bits per heavy atom. The number of piperidine rings is 1. The number of benzene rings is 2. The zero-order valence-corrected chi connectivity index (χ0v) is 17.1. The number of nitrogens with one attached hydrogen (secondary N) is 1. The molecule has 0 bridgehead atoms. The standard InChI is InChI=1S/C22H22BClN3O2/c1-23-19-4-3-17(12-15(19)14-25)29-11-10-27-8-6-22(7-9-27)18-13-16(24)2-5-20(18)26-21(22)28/h2-5,12-13H,6-11H2,1H3,(H,26,28). The topological polar surface area (TPSA) is 65.4 Å². The van der Waals surface area contributed by atoms with Gasteiger partial charge in [-0.05, 0) is 61.8 Å². The molecule has 2 heterocycles. The molecule has 29 heavy (non-hydrogen) atoms. The third kappa shape index (κ3) is 3.73. The van der Waals surface area contributed by atoms with Gasteiger partial charge in [-0.2, -0.15) is 5.26 Å². The van der Waals surface area contributed by atoms with Crippen LogP contribution in [0.1, 0.15) is 24.0 Å². The number of halogens is 1. The van der Waals surface area contributed by atoms with Gasteiger partial charge in [0.15, 0.2) is 0 Å². The first-order chi connectivity index (χ1) is 14.1. The molecule has 2 aromatic rings. The first-order valence-corrected chi connectivity index (χ1v) is 10.2. The van der Waals surface area contributed by atoms with Crippen molar-refractivity contribution in [2.45, 2.75) is 25.1 Å². The molecular weight excluding hydrogens is 385 g/mol. The van der Waals surface area contributed by atoms with E-state index >= 15 is 0 Å². The van der Waals surface area contributed by atoms with Gasteiger partial charge in [-0.3, -0.25) is 9.69 Å². The van der Waals surface area contributed by atoms with E-state index in [4.69, 9.17) is 16.3 Å². The molecule has 1 N–H and O–H groups in total. The molecule has 1 amide bonds. The van der Waals surface area contributed by atoms with Crippen molar-refractivity contribution in [2.75, 3.05) is 31.6 Å². The van der Waals surface area contributed by atoms with Crippen LogP contribution in [0, 0.1) is 11.3 Å². The molecule has 1 radical (unpaired) electrons. The molecule has 0 unspecified atom stereocenters. The van der Waals surface area contributed by atoms with Crippen molar-refractivity contribution >= 4 is 35.9 Å². The van der Waals surface area contributed by atoms with Crippen LogP contribution in [0.15, 0.2) is 36.4 Å². The van der Waals surface area contributed by atoms with Gasteiger partial charge in [-0.1, -0.05) is 30.0 Å². The Kier molecular flexibility index (Phi) is 5.53. The second-order valence-corrected chi connectivity index (χ2v) is 8.00. The number of hydrogen-bond donors (Lipinski definition) is 1. The van der Waals surface area contributed by atoms with Crippen molar-refractivity contribution in [1.29, 1.82) is 5.26 Å². The monoisotopic (exact) mass is 406 g/mol. The van der Waals surface area contributed by atoms with E-state index in [0.717, 1.165) is 49.2 Å². The first-order valence-electron chi connectivity index (χ1n) is 9.86. The highest BCUT2D eigenvalue weighted by Gasteiger charge is 2.48. The quantitative estimate of drug-likeness (QED) is 0.775. The van der Waals surface area contributed by atoms with Gasteiger partial charge in [-0.15, -0.1) is 0 Å². The van der Waals surface area contributed by atoms with E-state index in [1.54, 1.807) is 6.07 Å². The second kappa shape index (κ2) is 8.10. The van der Waals surface area contributed by atoms with Gasteiger partial charge >= 0.3 is 0 Å². The van der Waals surface area contributed by atoms with Crippen molar-refractivity contribution < 1.29 is 9.53 Å². The number of nitriles is 1. The fourth-order valence-electron chi connectivity index (χ4n) is 4.31. The highest BCUT2D eigenvalue weighted by Crippen LogP contribution is 2.45. The van der Waals surface area contributed by atoms with Crippen molar-refractivity contribution in [2.24, 2.45) is 0 Å². The maximum absolute atomic E-state index is 12.7. The highest BCUT2D eigenvalue weighted by atomic mass is 35.5. The van der Waals surface area contributed by atoms with E-state index in [-0.39, 0.29) is 5.91 Å². The molecule has 0 saturated carbocycles. The maximum Gasteiger partial charge on any atom is 0.235 e. The maximum atomic E-state index is 12.7. The van der Waals surface area contributed by atoms with E-state index in [0.29, 0.717) is 22.9 Å². The van der Waals surface area contributed by atoms with E-state index in [9.17, 15) is 10.1 Å². The first kappa shape index (κ1) is 19.8. The van der Waals surface area contributed by atoms with Gasteiger partial charge in [0, 0.05) is 22.8 Å². The summed E-state index contributed by atoms with van der Waals surface area (Å²) in [4.78, 5) is 15.0. The Morgan fingerprint density at radius 2 is 2.07 bits per heavy atom. The molecule has 0 aromatic heterocycles. The third-order valence-electron chi connectivity index (χ3n) is 6.02. The summed E-state index contributed by atoms with van der Waals surface area (Å²) in [5.74, 6) is 0.793. The zero-order chi connectivity index (χ0) is 20.4. The Morgan fingerprint density at radius 3 is 2.79 bits per heavy atom. The van der Waals surface area contributed by atoms with Crippen molar-refractivity contribution in [3.8, 4) is 11.8 Å². The van der Waals surface area contributed by atoms with Crippen LogP contribution in [-0.4, -0.2) is 44.3 Å². The van der Waals surface area contributed by atoms with Crippen molar-refractivity contribution in [3.05, 3.63) is 52.5 Å². The minimum Gasteiger partial charge on any atom is -0.492 e. The highest BCUT2D eigenvalue weighted by molar-refractivity contribution is 6.52. The van der Waals surface area contributed by atoms with E-state index < -0.39 is 5.41 Å². The molecule has 1 saturated heterocycles. The number of anilines is 1. The van der Waals surface area contributed by atoms with E-state index in [2.05, 4.69) is 16.3 Å². The summed E-state index contributed by atoms with van der Waals surface area (Å²) in [7, 11) is 1.91. The van der Waals surface area contributed by atoms with E-state index in [1.807, 2.05) is 44.4 Å². The molecule has 1 fully saturated rings. The van der Waals surface area contributed by atoms with Crippen LogP contribution >= 0.6 is 11.6 Å². The summed E-state index contributed by atoms with van der Waals surface area (Å²) < 4.78 is 5.86. The summed E-state index contributed by atoms with van der Waals surface area (Å²) in [6, 6.07) is 13.4. The number of ether oxygens (including phenoxy) is 1. The van der Waals surface area contributed by atoms with Crippen LogP contribution in [0.25, 0.3) is 0 Å². The minimum atomic E-state index is -0.466. The number of amides is 1. The minimum absolute atomic E-state index is 0.0857. The number of carbonyl (C=O) groups is 1. The van der Waals surface area contributed by atoms with Crippen LogP contribution < -0.4 is 15.5 Å². The van der Waals surface area contributed by atoms with E-state index in [1.165, 1.54) is 0 Å². The molecular formula is C22H22BClN3O2. The Hall–Kier alpha value is -2.49. The summed E-state index contributed by atoms with van der Waals surface area (Å²) in [6.07, 6.45) is 1.54. The molecule has 0 atom stereocenters. The summed E-state index contributed by atoms with van der Waals surface area (Å²) >= 11 is 6.18. The number of hydrogen-bond acceptors (Lipinski definition) is 4. The smallest absolute Gasteiger partial charge is 0.235 e. The average Bonchev–Trinajstić information content (AvgIpc) is 3.00. The Labute approximate surface area is 176 Å². The van der Waals surface area contributed by atoms with Crippen molar-refractivity contribution in [3.63, 3.8) is 0 Å². The predicted molar refractivity (Wildman–Crippen MR) is 115 cm³/mol. The molecule has 7 heteroatoms. The average molecular weight is 407 g/mol. The molecule has 2 aliphatic rings. The van der Waals surface area contributed by atoms with Crippen LogP contribution in [0.3, 0.4) is 0 Å². The number of likely N-dealkylation sites (tertiary alicyclic amines) is 1. The summed E-state index contributed by atoms with van der Waals surface area (Å²) in [5.41, 5.74) is 2.98. The third-order valence-corrected chi connectivity index (χ3v) is 6.26. The van der Waals surface area contributed by atoms with Crippen LogP contribution in [0.4, 0.5) is 5.69 Å². The predicted octanol–water partition coefficient (Wildman–Crippen LogP) is 2.95. The fourth-order valence-corrected chi connectivity index (χ4v) is 4.48. The SMILES string of the molecule is C[B]c1ccc(OCCN2CCC3(CC2)C(=O)Nc2ccc(Cl)cc23)cc1C#N. The number of rotatable bonds is 5. The lowest BCUT2D eigenvalue weighted by atomic mass is 9.71. The van der Waals surface area contributed by atoms with Crippen LogP contribution in [-0.2, 0) is 10.2 Å². The Balaban J connectivity index is 1.34. The fraction of sp³-hybridized carbons (Fsp3) is 0.364. The molecule has 0 aliphatic carbocycles. The lowest BCUT2D eigenvalue weighted by Gasteiger charge is -2.38. The summed E-state index contributed by atoms with van der Waals surface area (Å²) in [6.45, 7) is 4.90. The van der Waals surface area contributed by atoms with Gasteiger partial charge < -0.3 is 10.1 Å². The number of carbonyl (C=O) groups excluding carboxylic acids is 1. The molecule has 2 aromatic carbocycles. The molecule has 5 nitrogen and oxygen atoms in total. The number of nitrogens with zero attached hydrogens (tertiary/aromatic N) is 2. The lowest BCUT2D eigenvalue weighted by Crippen LogP contribution is -2.47. The normalized spacial score (nSPS) is 17.5. The van der Waals surface area contributed by atoms with Crippen LogP contribution in [0.2, 0.25) is 11.8 Å². The van der Waals surface area contributed by atoms with Gasteiger partial charge in [0.2, 0.25) is 5.91 Å².